The van der Waals surface area contributed by atoms with E-state index in [1.807, 2.05) is 19.1 Å². The van der Waals surface area contributed by atoms with Gasteiger partial charge in [-0.2, -0.15) is 0 Å². The predicted molar refractivity (Wildman–Crippen MR) is 50.0 cm³/mol. The second kappa shape index (κ2) is 15.7. The van der Waals surface area contributed by atoms with Crippen LogP contribution < -0.4 is 0 Å². The van der Waals surface area contributed by atoms with Gasteiger partial charge in [0.2, 0.25) is 0 Å². The average Bonchev–Trinajstić information content (AvgIpc) is 2.01. The van der Waals surface area contributed by atoms with Gasteiger partial charge in [-0.05, 0) is 13.3 Å². The Bertz CT molecular complexity index is 101. The standard InChI is InChI=1S/C6H10.C4H6/c1-3-5-6-4-2;1-3-4-2/h3-4,6H,1,5H2,2H3;3-4H,1-2H2. The average molecular weight is 136 g/mol. The first-order chi connectivity index (χ1) is 4.83. The van der Waals surface area contributed by atoms with Crippen molar-refractivity contribution < 1.29 is 0 Å². The summed E-state index contributed by atoms with van der Waals surface area (Å²) in [7, 11) is 0. The fourth-order valence-electron chi connectivity index (χ4n) is 0.232. The number of allylic oxidation sites excluding steroid dienone is 5. The van der Waals surface area contributed by atoms with E-state index in [0.29, 0.717) is 0 Å². The third-order valence-electron chi connectivity index (χ3n) is 0.705. The molecule has 10 heavy (non-hydrogen) atoms. The maximum absolute atomic E-state index is 3.55. The quantitative estimate of drug-likeness (QED) is 0.411. The largest absolute Gasteiger partial charge is 0.103 e. The van der Waals surface area contributed by atoms with Crippen LogP contribution in [-0.4, -0.2) is 0 Å². The van der Waals surface area contributed by atoms with Gasteiger partial charge in [-0.3, -0.25) is 0 Å². The summed E-state index contributed by atoms with van der Waals surface area (Å²) in [5.74, 6) is 0. The molecule has 0 amide bonds. The lowest BCUT2D eigenvalue weighted by Crippen LogP contribution is -1.48. The van der Waals surface area contributed by atoms with E-state index in [2.05, 4.69) is 25.8 Å². The van der Waals surface area contributed by atoms with Gasteiger partial charge in [-0.1, -0.05) is 43.5 Å². The lowest BCUT2D eigenvalue weighted by molar-refractivity contribution is 1.39. The molecule has 56 valence electrons. The van der Waals surface area contributed by atoms with E-state index in [9.17, 15) is 0 Å². The van der Waals surface area contributed by atoms with Crippen LogP contribution in [0, 0.1) is 0 Å². The Morgan fingerprint density at radius 3 is 1.70 bits per heavy atom. The van der Waals surface area contributed by atoms with Gasteiger partial charge in [0.25, 0.3) is 0 Å². The molecular formula is C10H16. The van der Waals surface area contributed by atoms with Crippen LogP contribution in [-0.2, 0) is 0 Å². The van der Waals surface area contributed by atoms with E-state index in [0.717, 1.165) is 6.42 Å². The minimum Gasteiger partial charge on any atom is -0.103 e. The first kappa shape index (κ1) is 11.7. The third-order valence-corrected chi connectivity index (χ3v) is 0.705. The van der Waals surface area contributed by atoms with E-state index < -0.39 is 0 Å². The summed E-state index contributed by atoms with van der Waals surface area (Å²) < 4.78 is 0. The zero-order valence-corrected chi connectivity index (χ0v) is 6.72. The number of rotatable bonds is 3. The first-order valence-corrected chi connectivity index (χ1v) is 3.29. The van der Waals surface area contributed by atoms with Crippen LogP contribution in [0.5, 0.6) is 0 Å². The van der Waals surface area contributed by atoms with Gasteiger partial charge in [-0.25, -0.2) is 0 Å². The van der Waals surface area contributed by atoms with Crippen molar-refractivity contribution in [2.75, 3.05) is 0 Å². The van der Waals surface area contributed by atoms with Crippen molar-refractivity contribution in [2.24, 2.45) is 0 Å². The molecule has 0 aliphatic rings. The van der Waals surface area contributed by atoms with Gasteiger partial charge in [0, 0.05) is 0 Å². The van der Waals surface area contributed by atoms with Crippen molar-refractivity contribution in [3.63, 3.8) is 0 Å². The molecule has 0 N–H and O–H groups in total. The van der Waals surface area contributed by atoms with Gasteiger partial charge < -0.3 is 0 Å². The summed E-state index contributed by atoms with van der Waals surface area (Å²) in [6.45, 7) is 12.3. The zero-order valence-electron chi connectivity index (χ0n) is 6.72. The fraction of sp³-hybridized carbons (Fsp3) is 0.200. The maximum atomic E-state index is 3.55. The maximum Gasteiger partial charge on any atom is -0.0172 e. The van der Waals surface area contributed by atoms with Crippen LogP contribution in [0.25, 0.3) is 0 Å². The van der Waals surface area contributed by atoms with Crippen LogP contribution in [0.3, 0.4) is 0 Å². The van der Waals surface area contributed by atoms with Crippen molar-refractivity contribution in [1.82, 2.24) is 0 Å². The first-order valence-electron chi connectivity index (χ1n) is 3.29. The molecule has 0 saturated carbocycles. The Labute approximate surface area is 64.3 Å². The highest BCUT2D eigenvalue weighted by molar-refractivity contribution is 4.88. The summed E-state index contributed by atoms with van der Waals surface area (Å²) >= 11 is 0. The van der Waals surface area contributed by atoms with Crippen molar-refractivity contribution in [3.8, 4) is 0 Å². The second-order valence-corrected chi connectivity index (χ2v) is 1.56. The smallest absolute Gasteiger partial charge is 0.0172 e. The van der Waals surface area contributed by atoms with Crippen molar-refractivity contribution in [3.05, 3.63) is 50.1 Å². The molecule has 0 unspecified atom stereocenters. The number of hydrogen-bond donors (Lipinski definition) is 0. The molecule has 0 spiro atoms. The van der Waals surface area contributed by atoms with E-state index in [1.54, 1.807) is 12.2 Å². The van der Waals surface area contributed by atoms with Crippen molar-refractivity contribution in [2.45, 2.75) is 13.3 Å². The fourth-order valence-corrected chi connectivity index (χ4v) is 0.232. The molecular weight excluding hydrogens is 120 g/mol. The van der Waals surface area contributed by atoms with Crippen molar-refractivity contribution in [1.29, 1.82) is 0 Å². The van der Waals surface area contributed by atoms with E-state index >= 15 is 0 Å². The third kappa shape index (κ3) is 28.2. The molecule has 0 heteroatoms. The molecule has 0 saturated heterocycles. The minimum atomic E-state index is 0.997. The molecule has 0 heterocycles. The Morgan fingerprint density at radius 2 is 1.60 bits per heavy atom. The van der Waals surface area contributed by atoms with Gasteiger partial charge in [-0.15, -0.1) is 6.58 Å². The van der Waals surface area contributed by atoms with Crippen LogP contribution in [0.15, 0.2) is 50.1 Å². The van der Waals surface area contributed by atoms with Gasteiger partial charge in [0.1, 0.15) is 0 Å². The predicted octanol–water partition coefficient (Wildman–Crippen LogP) is 3.50. The lowest BCUT2D eigenvalue weighted by atomic mass is 10.4. The highest BCUT2D eigenvalue weighted by Crippen LogP contribution is 1.78. The van der Waals surface area contributed by atoms with Crippen LogP contribution in [0.1, 0.15) is 13.3 Å². The Hall–Kier alpha value is -1.04. The Morgan fingerprint density at radius 1 is 1.10 bits per heavy atom. The molecule has 0 aliphatic carbocycles. The summed E-state index contributed by atoms with van der Waals surface area (Å²) in [6.07, 6.45) is 10.2. The lowest BCUT2D eigenvalue weighted by Gasteiger charge is -1.69. The van der Waals surface area contributed by atoms with Crippen LogP contribution in [0.4, 0.5) is 0 Å². The SMILES string of the molecule is C=CC=C.C=CCC=CC. The van der Waals surface area contributed by atoms with Gasteiger partial charge in [0.05, 0.1) is 0 Å². The van der Waals surface area contributed by atoms with Gasteiger partial charge >= 0.3 is 0 Å². The molecule has 0 nitrogen and oxygen atoms in total. The summed E-state index contributed by atoms with van der Waals surface area (Å²) in [6, 6.07) is 0. The normalized spacial score (nSPS) is 7.70. The van der Waals surface area contributed by atoms with Crippen LogP contribution >= 0.6 is 0 Å². The van der Waals surface area contributed by atoms with E-state index in [1.165, 1.54) is 0 Å². The summed E-state index contributed by atoms with van der Waals surface area (Å²) in [4.78, 5) is 0. The molecule has 0 bridgehead atoms. The molecule has 0 aromatic carbocycles. The molecule has 0 atom stereocenters. The Balaban J connectivity index is 0. The van der Waals surface area contributed by atoms with Crippen molar-refractivity contribution >= 4 is 0 Å². The van der Waals surface area contributed by atoms with E-state index in [4.69, 9.17) is 0 Å². The summed E-state index contributed by atoms with van der Waals surface area (Å²) in [5.41, 5.74) is 0. The van der Waals surface area contributed by atoms with E-state index in [-0.39, 0.29) is 0 Å². The number of hydrogen-bond acceptors (Lipinski definition) is 0. The molecule has 0 aromatic heterocycles. The monoisotopic (exact) mass is 136 g/mol. The topological polar surface area (TPSA) is 0 Å². The highest BCUT2D eigenvalue weighted by Gasteiger charge is 1.57. The molecule has 0 radical (unpaired) electrons. The zero-order chi connectivity index (χ0) is 8.24. The minimum absolute atomic E-state index is 0.997. The molecule has 0 fully saturated rings. The van der Waals surface area contributed by atoms with Gasteiger partial charge in [0.15, 0.2) is 0 Å². The Kier molecular flexibility index (Phi) is 18.4. The molecule has 0 rings (SSSR count). The van der Waals surface area contributed by atoms with Crippen LogP contribution in [0.2, 0.25) is 0 Å². The second-order valence-electron chi connectivity index (χ2n) is 1.56. The molecule has 0 aliphatic heterocycles. The highest BCUT2D eigenvalue weighted by atomic mass is 13.6. The summed E-state index contributed by atoms with van der Waals surface area (Å²) in [5, 5.41) is 0. The molecule has 0 aromatic rings.